The van der Waals surface area contributed by atoms with Crippen molar-refractivity contribution in [2.75, 3.05) is 0 Å². The fourth-order valence-electron chi connectivity index (χ4n) is 3.49. The quantitative estimate of drug-likeness (QED) is 0.573. The maximum absolute atomic E-state index is 2.43. The van der Waals surface area contributed by atoms with Gasteiger partial charge in [-0.2, -0.15) is 0 Å². The van der Waals surface area contributed by atoms with E-state index in [1.54, 1.807) is 5.57 Å². The van der Waals surface area contributed by atoms with Crippen molar-refractivity contribution in [2.45, 2.75) is 58.8 Å². The van der Waals surface area contributed by atoms with E-state index >= 15 is 0 Å². The summed E-state index contributed by atoms with van der Waals surface area (Å²) in [5.74, 6) is 2.73. The van der Waals surface area contributed by atoms with Crippen LogP contribution in [-0.2, 0) is 0 Å². The number of rotatable bonds is 1. The lowest BCUT2D eigenvalue weighted by Crippen LogP contribution is -2.15. The van der Waals surface area contributed by atoms with E-state index in [9.17, 15) is 0 Å². The average Bonchev–Trinajstić information content (AvgIpc) is 2.67. The summed E-state index contributed by atoms with van der Waals surface area (Å²) in [6.45, 7) is 4.81. The van der Waals surface area contributed by atoms with Gasteiger partial charge in [-0.3, -0.25) is 0 Å². The van der Waals surface area contributed by atoms with E-state index in [1.165, 1.54) is 44.9 Å². The summed E-state index contributed by atoms with van der Waals surface area (Å²) in [4.78, 5) is 0. The van der Waals surface area contributed by atoms with E-state index in [0.717, 1.165) is 17.8 Å². The highest BCUT2D eigenvalue weighted by Gasteiger charge is 2.32. The standard InChI is InChI=1S/C16H26/c1-13(2)15-12-11-14-9-7-5-3-4-6-8-10-16(14)15/h5,7,9,13,15-16H,3-4,6,8,10-12H2,1-2H3. The SMILES string of the molecule is CC(C)C1CCC2=CC=CCCCCCC21. The molecule has 0 heterocycles. The Bertz CT molecular complexity index is 270. The third-order valence-corrected chi connectivity index (χ3v) is 4.45. The summed E-state index contributed by atoms with van der Waals surface area (Å²) in [6.07, 6.45) is 16.9. The van der Waals surface area contributed by atoms with Crippen molar-refractivity contribution in [3.8, 4) is 0 Å². The van der Waals surface area contributed by atoms with Gasteiger partial charge in [-0.25, -0.2) is 0 Å². The van der Waals surface area contributed by atoms with Gasteiger partial charge in [0.05, 0.1) is 0 Å². The van der Waals surface area contributed by atoms with Gasteiger partial charge in [-0.05, 0) is 49.9 Å². The molecule has 0 aliphatic heterocycles. The van der Waals surface area contributed by atoms with Gasteiger partial charge in [0, 0.05) is 0 Å². The molecule has 2 aliphatic rings. The van der Waals surface area contributed by atoms with E-state index in [0.29, 0.717) is 0 Å². The smallest absolute Gasteiger partial charge is 0.0169 e. The Hall–Kier alpha value is -0.520. The van der Waals surface area contributed by atoms with Crippen molar-refractivity contribution in [3.63, 3.8) is 0 Å². The number of hydrogen-bond donors (Lipinski definition) is 0. The van der Waals surface area contributed by atoms with Crippen LogP contribution >= 0.6 is 0 Å². The first-order valence-corrected chi connectivity index (χ1v) is 7.14. The third-order valence-electron chi connectivity index (χ3n) is 4.45. The lowest BCUT2D eigenvalue weighted by atomic mass is 9.81. The van der Waals surface area contributed by atoms with Crippen LogP contribution in [0, 0.1) is 17.8 Å². The van der Waals surface area contributed by atoms with E-state index in [2.05, 4.69) is 32.1 Å². The fraction of sp³-hybridized carbons (Fsp3) is 0.750. The molecule has 0 radical (unpaired) electrons. The third kappa shape index (κ3) is 2.78. The molecular weight excluding hydrogens is 192 g/mol. The Morgan fingerprint density at radius 3 is 2.81 bits per heavy atom. The number of allylic oxidation sites excluding steroid dienone is 4. The summed E-state index contributed by atoms with van der Waals surface area (Å²) < 4.78 is 0. The Kier molecular flexibility index (Phi) is 4.26. The van der Waals surface area contributed by atoms with Crippen LogP contribution in [0.4, 0.5) is 0 Å². The lowest BCUT2D eigenvalue weighted by molar-refractivity contribution is 0.296. The average molecular weight is 218 g/mol. The Balaban J connectivity index is 2.12. The minimum atomic E-state index is 0.864. The van der Waals surface area contributed by atoms with Crippen molar-refractivity contribution >= 4 is 0 Å². The molecule has 90 valence electrons. The molecule has 0 bridgehead atoms. The topological polar surface area (TPSA) is 0 Å². The Labute approximate surface area is 101 Å². The monoisotopic (exact) mass is 218 g/mol. The number of hydrogen-bond acceptors (Lipinski definition) is 0. The Morgan fingerprint density at radius 1 is 1.12 bits per heavy atom. The van der Waals surface area contributed by atoms with Gasteiger partial charge in [0.2, 0.25) is 0 Å². The first-order chi connectivity index (χ1) is 7.79. The van der Waals surface area contributed by atoms with Crippen LogP contribution in [0.1, 0.15) is 58.8 Å². The molecule has 0 nitrogen and oxygen atoms in total. The molecule has 1 saturated carbocycles. The number of fused-ring (bicyclic) bond motifs is 1. The molecule has 0 aromatic carbocycles. The van der Waals surface area contributed by atoms with Crippen molar-refractivity contribution < 1.29 is 0 Å². The molecule has 0 N–H and O–H groups in total. The summed E-state index contributed by atoms with van der Waals surface area (Å²) >= 11 is 0. The molecule has 0 saturated heterocycles. The lowest BCUT2D eigenvalue weighted by Gasteiger charge is -2.24. The second kappa shape index (κ2) is 5.70. The van der Waals surface area contributed by atoms with Gasteiger partial charge >= 0.3 is 0 Å². The molecule has 0 aromatic rings. The highest BCUT2D eigenvalue weighted by atomic mass is 14.4. The van der Waals surface area contributed by atoms with Gasteiger partial charge in [0.15, 0.2) is 0 Å². The van der Waals surface area contributed by atoms with Crippen LogP contribution in [-0.4, -0.2) is 0 Å². The molecule has 2 aliphatic carbocycles. The van der Waals surface area contributed by atoms with E-state index in [-0.39, 0.29) is 0 Å². The molecule has 16 heavy (non-hydrogen) atoms. The summed E-state index contributed by atoms with van der Waals surface area (Å²) in [6, 6.07) is 0. The maximum Gasteiger partial charge on any atom is -0.0169 e. The van der Waals surface area contributed by atoms with Crippen molar-refractivity contribution in [2.24, 2.45) is 17.8 Å². The fourth-order valence-corrected chi connectivity index (χ4v) is 3.49. The second-order valence-corrected chi connectivity index (χ2v) is 5.86. The predicted octanol–water partition coefficient (Wildman–Crippen LogP) is 5.12. The van der Waals surface area contributed by atoms with Crippen molar-refractivity contribution in [3.05, 3.63) is 23.8 Å². The van der Waals surface area contributed by atoms with Gasteiger partial charge in [0.1, 0.15) is 0 Å². The minimum absolute atomic E-state index is 0.864. The van der Waals surface area contributed by atoms with Gasteiger partial charge < -0.3 is 0 Å². The first-order valence-electron chi connectivity index (χ1n) is 7.14. The molecule has 0 amide bonds. The molecule has 2 rings (SSSR count). The summed E-state index contributed by atoms with van der Waals surface area (Å²) in [5, 5.41) is 0. The molecular formula is C16H26. The first kappa shape index (κ1) is 12.0. The Morgan fingerprint density at radius 2 is 2.00 bits per heavy atom. The molecule has 0 heteroatoms. The van der Waals surface area contributed by atoms with E-state index < -0.39 is 0 Å². The molecule has 2 unspecified atom stereocenters. The van der Waals surface area contributed by atoms with Crippen LogP contribution in [0.2, 0.25) is 0 Å². The van der Waals surface area contributed by atoms with Gasteiger partial charge in [0.25, 0.3) is 0 Å². The van der Waals surface area contributed by atoms with Crippen LogP contribution < -0.4 is 0 Å². The van der Waals surface area contributed by atoms with Crippen LogP contribution in [0.3, 0.4) is 0 Å². The van der Waals surface area contributed by atoms with Crippen molar-refractivity contribution in [1.29, 1.82) is 0 Å². The molecule has 2 atom stereocenters. The predicted molar refractivity (Wildman–Crippen MR) is 71.4 cm³/mol. The zero-order chi connectivity index (χ0) is 11.4. The van der Waals surface area contributed by atoms with E-state index in [1.807, 2.05) is 0 Å². The molecule has 0 aromatic heterocycles. The van der Waals surface area contributed by atoms with Gasteiger partial charge in [-0.1, -0.05) is 50.5 Å². The zero-order valence-corrected chi connectivity index (χ0v) is 10.9. The normalized spacial score (nSPS) is 31.3. The van der Waals surface area contributed by atoms with Crippen LogP contribution in [0.5, 0.6) is 0 Å². The minimum Gasteiger partial charge on any atom is -0.0845 e. The molecule has 0 spiro atoms. The van der Waals surface area contributed by atoms with Gasteiger partial charge in [-0.15, -0.1) is 0 Å². The maximum atomic E-state index is 2.43. The molecule has 1 fully saturated rings. The largest absolute Gasteiger partial charge is 0.0845 e. The summed E-state index contributed by atoms with van der Waals surface area (Å²) in [5.41, 5.74) is 1.75. The second-order valence-electron chi connectivity index (χ2n) is 5.86. The highest BCUT2D eigenvalue weighted by Crippen LogP contribution is 2.43. The highest BCUT2D eigenvalue weighted by molar-refractivity contribution is 5.20. The zero-order valence-electron chi connectivity index (χ0n) is 10.9. The van der Waals surface area contributed by atoms with Crippen LogP contribution in [0.25, 0.3) is 0 Å². The van der Waals surface area contributed by atoms with Crippen molar-refractivity contribution in [1.82, 2.24) is 0 Å². The van der Waals surface area contributed by atoms with Crippen LogP contribution in [0.15, 0.2) is 23.8 Å². The summed E-state index contributed by atoms with van der Waals surface area (Å²) in [7, 11) is 0. The van der Waals surface area contributed by atoms with E-state index in [4.69, 9.17) is 0 Å².